The highest BCUT2D eigenvalue weighted by Gasteiger charge is 2.02. The molecule has 5 heteroatoms. The zero-order valence-electron chi connectivity index (χ0n) is 13.7. The van der Waals surface area contributed by atoms with Crippen LogP contribution < -0.4 is 10.2 Å². The quantitative estimate of drug-likeness (QED) is 0.443. The third kappa shape index (κ3) is 6.42. The average Bonchev–Trinajstić information content (AvgIpc) is 2.58. The molecule has 2 aromatic rings. The Kier molecular flexibility index (Phi) is 7.30. The molecule has 4 nitrogen and oxygen atoms in total. The van der Waals surface area contributed by atoms with Gasteiger partial charge in [0.1, 0.15) is 5.75 Å². The molecule has 0 aliphatic rings. The van der Waals surface area contributed by atoms with E-state index in [-0.39, 0.29) is 12.3 Å². The standard InChI is InChI=1S/C19H21ClN2O2/c1-2-3-11-24-18-6-4-5-16(12-18)14-21-22-19(23)13-15-7-9-17(20)10-8-15/h4-10,12,14H,2-3,11,13H2,1H3,(H,22,23)/b21-14-. The molecule has 0 unspecified atom stereocenters. The van der Waals surface area contributed by atoms with Crippen LogP contribution in [0.25, 0.3) is 0 Å². The van der Waals surface area contributed by atoms with Crippen LogP contribution in [-0.4, -0.2) is 18.7 Å². The van der Waals surface area contributed by atoms with Crippen molar-refractivity contribution in [3.05, 3.63) is 64.7 Å². The predicted octanol–water partition coefficient (Wildman–Crippen LogP) is 4.21. The Morgan fingerprint density at radius 3 is 2.79 bits per heavy atom. The second-order valence-corrected chi connectivity index (χ2v) is 5.81. The van der Waals surface area contributed by atoms with E-state index in [4.69, 9.17) is 16.3 Å². The number of carbonyl (C=O) groups is 1. The zero-order valence-corrected chi connectivity index (χ0v) is 14.4. The Hall–Kier alpha value is -2.33. The minimum atomic E-state index is -0.177. The highest BCUT2D eigenvalue weighted by Crippen LogP contribution is 2.12. The molecule has 1 N–H and O–H groups in total. The van der Waals surface area contributed by atoms with Gasteiger partial charge in [-0.15, -0.1) is 0 Å². The van der Waals surface area contributed by atoms with Crippen molar-refractivity contribution in [2.75, 3.05) is 6.61 Å². The SMILES string of the molecule is CCCCOc1cccc(/C=N\NC(=O)Cc2ccc(Cl)cc2)c1. The van der Waals surface area contributed by atoms with Crippen LogP contribution in [0.4, 0.5) is 0 Å². The molecule has 126 valence electrons. The molecule has 1 amide bonds. The molecule has 0 aliphatic heterocycles. The number of rotatable bonds is 8. The Morgan fingerprint density at radius 2 is 2.04 bits per heavy atom. The fourth-order valence-corrected chi connectivity index (χ4v) is 2.15. The number of unbranched alkanes of at least 4 members (excludes halogenated alkanes) is 1. The summed E-state index contributed by atoms with van der Waals surface area (Å²) in [6, 6.07) is 14.8. The number of hydrogen-bond donors (Lipinski definition) is 1. The van der Waals surface area contributed by atoms with Gasteiger partial charge < -0.3 is 4.74 Å². The fourth-order valence-electron chi connectivity index (χ4n) is 2.02. The highest BCUT2D eigenvalue weighted by molar-refractivity contribution is 6.30. The van der Waals surface area contributed by atoms with Gasteiger partial charge in [0.2, 0.25) is 5.91 Å². The van der Waals surface area contributed by atoms with E-state index < -0.39 is 0 Å². The summed E-state index contributed by atoms with van der Waals surface area (Å²) >= 11 is 5.82. The van der Waals surface area contributed by atoms with Crippen LogP contribution >= 0.6 is 11.6 Å². The summed E-state index contributed by atoms with van der Waals surface area (Å²) in [5, 5.41) is 4.64. The zero-order chi connectivity index (χ0) is 17.2. The monoisotopic (exact) mass is 344 g/mol. The molecule has 24 heavy (non-hydrogen) atoms. The van der Waals surface area contributed by atoms with Crippen molar-refractivity contribution in [2.24, 2.45) is 5.10 Å². The maximum atomic E-state index is 11.8. The average molecular weight is 345 g/mol. The van der Waals surface area contributed by atoms with E-state index in [0.29, 0.717) is 11.6 Å². The van der Waals surface area contributed by atoms with Crippen LogP contribution in [0.1, 0.15) is 30.9 Å². The summed E-state index contributed by atoms with van der Waals surface area (Å²) in [5.74, 6) is 0.629. The van der Waals surface area contributed by atoms with Crippen molar-refractivity contribution >= 4 is 23.7 Å². The molecule has 0 aliphatic carbocycles. The molecule has 0 saturated heterocycles. The van der Waals surface area contributed by atoms with Gasteiger partial charge in [-0.25, -0.2) is 5.43 Å². The van der Waals surface area contributed by atoms with E-state index in [9.17, 15) is 4.79 Å². The van der Waals surface area contributed by atoms with Crippen molar-refractivity contribution in [2.45, 2.75) is 26.2 Å². The molecule has 0 radical (unpaired) electrons. The Bertz CT molecular complexity index is 684. The third-order valence-electron chi connectivity index (χ3n) is 3.31. The summed E-state index contributed by atoms with van der Waals surface area (Å²) in [5.41, 5.74) is 4.28. The summed E-state index contributed by atoms with van der Waals surface area (Å²) < 4.78 is 5.64. The lowest BCUT2D eigenvalue weighted by Gasteiger charge is -2.05. The highest BCUT2D eigenvalue weighted by atomic mass is 35.5. The first-order valence-corrected chi connectivity index (χ1v) is 8.34. The Labute approximate surface area is 147 Å². The molecule has 0 bridgehead atoms. The van der Waals surface area contributed by atoms with Gasteiger partial charge >= 0.3 is 0 Å². The summed E-state index contributed by atoms with van der Waals surface area (Å²) in [4.78, 5) is 11.8. The summed E-state index contributed by atoms with van der Waals surface area (Å²) in [7, 11) is 0. The maximum Gasteiger partial charge on any atom is 0.244 e. The number of benzene rings is 2. The van der Waals surface area contributed by atoms with Gasteiger partial charge in [0.25, 0.3) is 0 Å². The molecule has 0 spiro atoms. The van der Waals surface area contributed by atoms with E-state index >= 15 is 0 Å². The van der Waals surface area contributed by atoms with Crippen LogP contribution in [0.3, 0.4) is 0 Å². The molecule has 0 fully saturated rings. The third-order valence-corrected chi connectivity index (χ3v) is 3.56. The topological polar surface area (TPSA) is 50.7 Å². The lowest BCUT2D eigenvalue weighted by atomic mass is 10.1. The number of nitrogens with zero attached hydrogens (tertiary/aromatic N) is 1. The predicted molar refractivity (Wildman–Crippen MR) is 97.7 cm³/mol. The van der Waals surface area contributed by atoms with Gasteiger partial charge in [-0.05, 0) is 41.8 Å². The number of ether oxygens (including phenoxy) is 1. The normalized spacial score (nSPS) is 10.8. The van der Waals surface area contributed by atoms with Gasteiger partial charge in [-0.2, -0.15) is 5.10 Å². The van der Waals surface area contributed by atoms with Crippen LogP contribution in [0.15, 0.2) is 53.6 Å². The van der Waals surface area contributed by atoms with Gasteiger partial charge in [-0.3, -0.25) is 4.79 Å². The minimum absolute atomic E-state index is 0.177. The molecule has 2 aromatic carbocycles. The first-order chi connectivity index (χ1) is 11.7. The summed E-state index contributed by atoms with van der Waals surface area (Å²) in [6.07, 6.45) is 3.99. The maximum absolute atomic E-state index is 11.8. The fraction of sp³-hybridized carbons (Fsp3) is 0.263. The second-order valence-electron chi connectivity index (χ2n) is 5.37. The number of nitrogens with one attached hydrogen (secondary N) is 1. The Balaban J connectivity index is 1.83. The lowest BCUT2D eigenvalue weighted by Crippen LogP contribution is -2.19. The van der Waals surface area contributed by atoms with E-state index in [0.717, 1.165) is 29.7 Å². The van der Waals surface area contributed by atoms with Crippen molar-refractivity contribution in [1.82, 2.24) is 5.43 Å². The van der Waals surface area contributed by atoms with Crippen molar-refractivity contribution in [3.8, 4) is 5.75 Å². The number of amides is 1. The number of hydrazone groups is 1. The second kappa shape index (κ2) is 9.73. The molecular weight excluding hydrogens is 324 g/mol. The van der Waals surface area contributed by atoms with Crippen LogP contribution in [0.5, 0.6) is 5.75 Å². The van der Waals surface area contributed by atoms with Crippen LogP contribution in [-0.2, 0) is 11.2 Å². The van der Waals surface area contributed by atoms with Crippen LogP contribution in [0, 0.1) is 0 Å². The molecule has 0 heterocycles. The van der Waals surface area contributed by atoms with Gasteiger partial charge in [-0.1, -0.05) is 49.2 Å². The van der Waals surface area contributed by atoms with E-state index in [1.165, 1.54) is 0 Å². The van der Waals surface area contributed by atoms with Crippen molar-refractivity contribution < 1.29 is 9.53 Å². The van der Waals surface area contributed by atoms with E-state index in [1.807, 2.05) is 36.4 Å². The number of halogens is 1. The van der Waals surface area contributed by atoms with Gasteiger partial charge in [0.15, 0.2) is 0 Å². The van der Waals surface area contributed by atoms with Crippen molar-refractivity contribution in [1.29, 1.82) is 0 Å². The molecule has 0 atom stereocenters. The van der Waals surface area contributed by atoms with Gasteiger partial charge in [0, 0.05) is 5.02 Å². The van der Waals surface area contributed by atoms with Crippen LogP contribution in [0.2, 0.25) is 5.02 Å². The molecule has 0 saturated carbocycles. The van der Waals surface area contributed by atoms with E-state index in [1.54, 1.807) is 18.3 Å². The number of carbonyl (C=O) groups excluding carboxylic acids is 1. The Morgan fingerprint density at radius 1 is 1.25 bits per heavy atom. The number of hydrogen-bond acceptors (Lipinski definition) is 3. The first kappa shape index (κ1) is 18.0. The molecule has 2 rings (SSSR count). The smallest absolute Gasteiger partial charge is 0.244 e. The van der Waals surface area contributed by atoms with Gasteiger partial charge in [0.05, 0.1) is 19.2 Å². The summed E-state index contributed by atoms with van der Waals surface area (Å²) in [6.45, 7) is 2.83. The lowest BCUT2D eigenvalue weighted by molar-refractivity contribution is -0.120. The van der Waals surface area contributed by atoms with Crippen molar-refractivity contribution in [3.63, 3.8) is 0 Å². The molecular formula is C19H21ClN2O2. The van der Waals surface area contributed by atoms with E-state index in [2.05, 4.69) is 17.5 Å². The molecule has 0 aromatic heterocycles. The first-order valence-electron chi connectivity index (χ1n) is 7.96. The largest absolute Gasteiger partial charge is 0.494 e. The minimum Gasteiger partial charge on any atom is -0.494 e.